The highest BCUT2D eigenvalue weighted by Gasteiger charge is 2.13. The average molecular weight is 418 g/mol. The van der Waals surface area contributed by atoms with Crippen LogP contribution >= 0.6 is 0 Å². The summed E-state index contributed by atoms with van der Waals surface area (Å²) in [6.07, 6.45) is 6.02. The number of rotatable bonds is 4. The first-order chi connectivity index (χ1) is 14.8. The summed E-state index contributed by atoms with van der Waals surface area (Å²) in [5.74, 6) is 0.0220. The standard InChI is InChI=1S/C23H25NO.C4H8.C2H6/c1-16-7-6-9-19(13-16)20-12-11-17(2)21(14-20)15-24-23(25)22-10-5-4-8-18(22)3;1-4(2)3;1-2/h5-7,9-14H,4,8,15H2,1-3H3,(H,24,25);1H2,2-3H3;1-2H3. The predicted molar refractivity (Wildman–Crippen MR) is 136 cm³/mol. The lowest BCUT2D eigenvalue weighted by Gasteiger charge is -2.14. The molecule has 0 aromatic heterocycles. The Bertz CT molecular complexity index is 943. The number of amides is 1. The highest BCUT2D eigenvalue weighted by molar-refractivity contribution is 5.97. The van der Waals surface area contributed by atoms with Gasteiger partial charge in [-0.2, -0.15) is 0 Å². The molecule has 0 heterocycles. The number of benzene rings is 2. The van der Waals surface area contributed by atoms with Gasteiger partial charge in [0.2, 0.25) is 0 Å². The lowest BCUT2D eigenvalue weighted by atomic mass is 9.97. The molecule has 1 aliphatic carbocycles. The van der Waals surface area contributed by atoms with E-state index < -0.39 is 0 Å². The lowest BCUT2D eigenvalue weighted by Crippen LogP contribution is -2.25. The molecule has 1 aliphatic rings. The third-order valence-electron chi connectivity index (χ3n) is 4.81. The average Bonchev–Trinajstić information content (AvgIpc) is 2.74. The van der Waals surface area contributed by atoms with Gasteiger partial charge < -0.3 is 5.32 Å². The molecular weight excluding hydrogens is 378 g/mol. The minimum atomic E-state index is 0.0220. The Morgan fingerprint density at radius 3 is 2.26 bits per heavy atom. The van der Waals surface area contributed by atoms with Crippen molar-refractivity contribution in [1.29, 1.82) is 0 Å². The van der Waals surface area contributed by atoms with Gasteiger partial charge in [0.25, 0.3) is 5.91 Å². The van der Waals surface area contributed by atoms with Crippen LogP contribution in [-0.2, 0) is 11.3 Å². The molecule has 166 valence electrons. The Labute approximate surface area is 189 Å². The molecule has 3 rings (SSSR count). The van der Waals surface area contributed by atoms with E-state index in [0.717, 1.165) is 24.0 Å². The summed E-state index contributed by atoms with van der Waals surface area (Å²) in [5, 5.41) is 3.08. The van der Waals surface area contributed by atoms with Crippen LogP contribution in [0.15, 0.2) is 77.9 Å². The van der Waals surface area contributed by atoms with E-state index in [1.54, 1.807) is 0 Å². The van der Waals surface area contributed by atoms with Gasteiger partial charge >= 0.3 is 0 Å². The normalized spacial score (nSPS) is 12.2. The van der Waals surface area contributed by atoms with Crippen LogP contribution in [0.5, 0.6) is 0 Å². The molecular formula is C29H39NO. The van der Waals surface area contributed by atoms with E-state index in [2.05, 4.69) is 74.3 Å². The van der Waals surface area contributed by atoms with E-state index >= 15 is 0 Å². The molecule has 31 heavy (non-hydrogen) atoms. The van der Waals surface area contributed by atoms with Crippen molar-refractivity contribution < 1.29 is 4.79 Å². The van der Waals surface area contributed by atoms with Gasteiger partial charge in [-0.25, -0.2) is 0 Å². The summed E-state index contributed by atoms with van der Waals surface area (Å²) in [4.78, 5) is 12.5. The second kappa shape index (κ2) is 13.4. The second-order valence-corrected chi connectivity index (χ2v) is 8.04. The van der Waals surface area contributed by atoms with E-state index in [-0.39, 0.29) is 5.91 Å². The number of allylic oxidation sites excluding steroid dienone is 3. The molecule has 1 amide bonds. The number of carbonyl (C=O) groups excluding carboxylic acids is 1. The van der Waals surface area contributed by atoms with Crippen LogP contribution in [0.4, 0.5) is 0 Å². The molecule has 0 radical (unpaired) electrons. The molecule has 1 N–H and O–H groups in total. The minimum Gasteiger partial charge on any atom is -0.348 e. The Balaban J connectivity index is 0.000000720. The summed E-state index contributed by atoms with van der Waals surface area (Å²) in [6, 6.07) is 15.0. The molecule has 0 bridgehead atoms. The fraction of sp³-hybridized carbons (Fsp3) is 0.345. The van der Waals surface area contributed by atoms with Crippen molar-refractivity contribution in [2.45, 2.75) is 67.9 Å². The molecule has 2 nitrogen and oxygen atoms in total. The van der Waals surface area contributed by atoms with Gasteiger partial charge in [-0.1, -0.05) is 79.1 Å². The highest BCUT2D eigenvalue weighted by atomic mass is 16.1. The fourth-order valence-electron chi connectivity index (χ4n) is 3.18. The molecule has 0 unspecified atom stereocenters. The Morgan fingerprint density at radius 2 is 1.65 bits per heavy atom. The first-order valence-corrected chi connectivity index (χ1v) is 11.2. The minimum absolute atomic E-state index is 0.0220. The van der Waals surface area contributed by atoms with Gasteiger partial charge in [0.1, 0.15) is 0 Å². The van der Waals surface area contributed by atoms with Crippen LogP contribution < -0.4 is 5.32 Å². The first kappa shape index (κ1) is 26.2. The summed E-state index contributed by atoms with van der Waals surface area (Å²) in [5.41, 5.74) is 9.16. The molecule has 0 fully saturated rings. The zero-order valence-electron chi connectivity index (χ0n) is 20.4. The molecule has 2 aromatic rings. The van der Waals surface area contributed by atoms with Gasteiger partial charge in [0, 0.05) is 12.1 Å². The van der Waals surface area contributed by atoms with Gasteiger partial charge in [-0.3, -0.25) is 4.79 Å². The van der Waals surface area contributed by atoms with Crippen molar-refractivity contribution in [3.05, 3.63) is 94.6 Å². The molecule has 2 heteroatoms. The monoisotopic (exact) mass is 417 g/mol. The maximum absolute atomic E-state index is 12.5. The molecule has 0 spiro atoms. The van der Waals surface area contributed by atoms with Gasteiger partial charge in [0.05, 0.1) is 0 Å². The number of aryl methyl sites for hydroxylation is 2. The van der Waals surface area contributed by atoms with Crippen molar-refractivity contribution in [3.8, 4) is 11.1 Å². The third-order valence-corrected chi connectivity index (χ3v) is 4.81. The van der Waals surface area contributed by atoms with Gasteiger partial charge in [0.15, 0.2) is 0 Å². The smallest absolute Gasteiger partial charge is 0.251 e. The number of nitrogens with one attached hydrogen (secondary N) is 1. The summed E-state index contributed by atoms with van der Waals surface area (Å²) >= 11 is 0. The topological polar surface area (TPSA) is 29.1 Å². The Hall–Kier alpha value is -2.87. The van der Waals surface area contributed by atoms with Crippen molar-refractivity contribution >= 4 is 5.91 Å². The van der Waals surface area contributed by atoms with Gasteiger partial charge in [-0.15, -0.1) is 6.58 Å². The van der Waals surface area contributed by atoms with E-state index in [9.17, 15) is 4.79 Å². The summed E-state index contributed by atoms with van der Waals surface area (Å²) < 4.78 is 0. The largest absolute Gasteiger partial charge is 0.348 e. The van der Waals surface area contributed by atoms with E-state index in [4.69, 9.17) is 0 Å². The quantitative estimate of drug-likeness (QED) is 0.504. The highest BCUT2D eigenvalue weighted by Crippen LogP contribution is 2.24. The van der Waals surface area contributed by atoms with Crippen LogP contribution in [0.3, 0.4) is 0 Å². The van der Waals surface area contributed by atoms with Crippen molar-refractivity contribution in [2.75, 3.05) is 0 Å². The first-order valence-electron chi connectivity index (χ1n) is 11.2. The van der Waals surface area contributed by atoms with Gasteiger partial charge in [-0.05, 0) is 75.8 Å². The number of hydrogen-bond donors (Lipinski definition) is 1. The molecule has 2 aromatic carbocycles. The van der Waals surface area contributed by atoms with Crippen LogP contribution in [0.25, 0.3) is 11.1 Å². The maximum atomic E-state index is 12.5. The summed E-state index contributed by atoms with van der Waals surface area (Å²) in [6.45, 7) is 18.3. The molecule has 0 aliphatic heterocycles. The number of hydrogen-bond acceptors (Lipinski definition) is 1. The van der Waals surface area contributed by atoms with E-state index in [1.807, 2.05) is 40.7 Å². The van der Waals surface area contributed by atoms with Crippen LogP contribution in [0.1, 0.15) is 64.2 Å². The molecule has 0 atom stereocenters. The number of carbonyl (C=O) groups is 1. The molecule has 0 saturated carbocycles. The third kappa shape index (κ3) is 8.80. The zero-order chi connectivity index (χ0) is 23.4. The van der Waals surface area contributed by atoms with E-state index in [1.165, 1.54) is 33.4 Å². The predicted octanol–water partition coefficient (Wildman–Crippen LogP) is 7.86. The van der Waals surface area contributed by atoms with Crippen molar-refractivity contribution in [2.24, 2.45) is 0 Å². The summed E-state index contributed by atoms with van der Waals surface area (Å²) in [7, 11) is 0. The maximum Gasteiger partial charge on any atom is 0.251 e. The lowest BCUT2D eigenvalue weighted by molar-refractivity contribution is -0.117. The van der Waals surface area contributed by atoms with Crippen molar-refractivity contribution in [1.82, 2.24) is 5.32 Å². The van der Waals surface area contributed by atoms with Crippen LogP contribution in [-0.4, -0.2) is 5.91 Å². The fourth-order valence-corrected chi connectivity index (χ4v) is 3.18. The Kier molecular flexibility index (Phi) is 11.3. The van der Waals surface area contributed by atoms with Crippen LogP contribution in [0, 0.1) is 13.8 Å². The van der Waals surface area contributed by atoms with Crippen LogP contribution in [0.2, 0.25) is 0 Å². The Morgan fingerprint density at radius 1 is 1.00 bits per heavy atom. The van der Waals surface area contributed by atoms with E-state index in [0.29, 0.717) is 6.54 Å². The SMILES string of the molecule is C=C(C)C.CC.CC1=C(C(=O)NCc2cc(-c3cccc(C)c3)ccc2C)C=CCC1. The van der Waals surface area contributed by atoms with Crippen molar-refractivity contribution in [3.63, 3.8) is 0 Å². The zero-order valence-corrected chi connectivity index (χ0v) is 20.4. The second-order valence-electron chi connectivity index (χ2n) is 8.04. The molecule has 0 saturated heterocycles.